The molecule has 2 N–H and O–H groups in total. The highest BCUT2D eigenvalue weighted by Gasteiger charge is 2.20. The van der Waals surface area contributed by atoms with Crippen LogP contribution < -0.4 is 0 Å². The maximum atomic E-state index is 10.8. The fourth-order valence-corrected chi connectivity index (χ4v) is 1.42. The lowest BCUT2D eigenvalue weighted by Crippen LogP contribution is -2.07. The summed E-state index contributed by atoms with van der Waals surface area (Å²) in [6.45, 7) is 0. The summed E-state index contributed by atoms with van der Waals surface area (Å²) in [6.07, 6.45) is 1.04. The Kier molecular flexibility index (Phi) is 2.24. The van der Waals surface area contributed by atoms with Crippen molar-refractivity contribution in [1.82, 2.24) is 9.78 Å². The molecule has 0 aliphatic rings. The third kappa shape index (κ3) is 1.61. The van der Waals surface area contributed by atoms with Gasteiger partial charge in [-0.2, -0.15) is 9.78 Å². The Morgan fingerprint density at radius 3 is 2.80 bits per heavy atom. The molecule has 0 atom stereocenters. The van der Waals surface area contributed by atoms with Crippen molar-refractivity contribution < 1.29 is 19.4 Å². The van der Waals surface area contributed by atoms with E-state index >= 15 is 0 Å². The van der Waals surface area contributed by atoms with Crippen molar-refractivity contribution in [2.45, 2.75) is 0 Å². The second kappa shape index (κ2) is 3.43. The Labute approximate surface area is 91.9 Å². The minimum absolute atomic E-state index is 0.208. The number of aromatic carboxylic acids is 1. The van der Waals surface area contributed by atoms with E-state index in [0.717, 1.165) is 10.9 Å². The maximum Gasteiger partial charge on any atom is 0.358 e. The number of furan rings is 1. The minimum atomic E-state index is -1.28. The molecule has 2 aromatic heterocycles. The molecule has 6 nitrogen and oxygen atoms in total. The van der Waals surface area contributed by atoms with E-state index in [1.165, 1.54) is 6.07 Å². The lowest BCUT2D eigenvalue weighted by Gasteiger charge is -1.99. The third-order valence-electron chi connectivity index (χ3n) is 1.72. The van der Waals surface area contributed by atoms with Gasteiger partial charge in [0, 0.05) is 6.07 Å². The number of aromatic nitrogens is 2. The average Bonchev–Trinajstić information content (AvgIpc) is 2.71. The molecule has 0 radical (unpaired) electrons. The summed E-state index contributed by atoms with van der Waals surface area (Å²) >= 11 is 3.08. The van der Waals surface area contributed by atoms with Gasteiger partial charge in [-0.3, -0.25) is 0 Å². The third-order valence-corrected chi connectivity index (χ3v) is 2.15. The zero-order valence-electron chi connectivity index (χ0n) is 7.22. The number of halogens is 1. The molecule has 0 fully saturated rings. The molecule has 2 rings (SSSR count). The Morgan fingerprint density at radius 2 is 2.27 bits per heavy atom. The topological polar surface area (TPSA) is 88.5 Å². The van der Waals surface area contributed by atoms with E-state index in [1.807, 2.05) is 0 Å². The van der Waals surface area contributed by atoms with E-state index in [9.17, 15) is 9.90 Å². The van der Waals surface area contributed by atoms with Crippen molar-refractivity contribution >= 4 is 21.9 Å². The van der Waals surface area contributed by atoms with Gasteiger partial charge in [0.05, 0.1) is 6.20 Å². The van der Waals surface area contributed by atoms with Crippen LogP contribution in [0.5, 0.6) is 5.75 Å². The van der Waals surface area contributed by atoms with Crippen LogP contribution in [0.1, 0.15) is 10.5 Å². The molecule has 0 saturated heterocycles. The Balaban J connectivity index is 2.58. The number of carboxylic acid groups (broad SMARTS) is 1. The predicted molar refractivity (Wildman–Crippen MR) is 52.2 cm³/mol. The van der Waals surface area contributed by atoms with Gasteiger partial charge in [0.25, 0.3) is 0 Å². The lowest BCUT2D eigenvalue weighted by molar-refractivity contribution is 0.0682. The summed E-state index contributed by atoms with van der Waals surface area (Å²) < 4.78 is 6.57. The first-order chi connectivity index (χ1) is 7.09. The molecule has 0 amide bonds. The molecule has 0 aliphatic carbocycles. The fourth-order valence-electron chi connectivity index (χ4n) is 1.13. The van der Waals surface area contributed by atoms with Gasteiger partial charge in [-0.05, 0) is 22.0 Å². The second-order valence-electron chi connectivity index (χ2n) is 2.67. The van der Waals surface area contributed by atoms with E-state index in [-0.39, 0.29) is 11.6 Å². The lowest BCUT2D eigenvalue weighted by atomic mass is 10.4. The zero-order chi connectivity index (χ0) is 11.0. The summed E-state index contributed by atoms with van der Waals surface area (Å²) in [4.78, 5) is 10.8. The highest BCUT2D eigenvalue weighted by molar-refractivity contribution is 9.10. The summed E-state index contributed by atoms with van der Waals surface area (Å²) in [5, 5.41) is 21.8. The number of carbonyl (C=O) groups is 1. The van der Waals surface area contributed by atoms with Crippen molar-refractivity contribution in [2.24, 2.45) is 0 Å². The van der Waals surface area contributed by atoms with Crippen LogP contribution in [0, 0.1) is 0 Å². The average molecular weight is 273 g/mol. The van der Waals surface area contributed by atoms with Gasteiger partial charge in [0.1, 0.15) is 0 Å². The largest absolute Gasteiger partial charge is 0.504 e. The molecule has 15 heavy (non-hydrogen) atoms. The van der Waals surface area contributed by atoms with Crippen LogP contribution in [0.15, 0.2) is 27.4 Å². The van der Waals surface area contributed by atoms with E-state index in [0.29, 0.717) is 4.67 Å². The number of nitrogens with zero attached hydrogens (tertiary/aromatic N) is 2. The van der Waals surface area contributed by atoms with E-state index < -0.39 is 11.7 Å². The summed E-state index contributed by atoms with van der Waals surface area (Å²) in [5.74, 6) is -1.48. The van der Waals surface area contributed by atoms with Gasteiger partial charge < -0.3 is 14.6 Å². The van der Waals surface area contributed by atoms with Gasteiger partial charge in [-0.25, -0.2) is 4.79 Å². The van der Waals surface area contributed by atoms with E-state index in [4.69, 9.17) is 9.52 Å². The van der Waals surface area contributed by atoms with Crippen molar-refractivity contribution in [3.63, 3.8) is 0 Å². The molecule has 0 aromatic carbocycles. The normalized spacial score (nSPS) is 10.5. The fraction of sp³-hybridized carbons (Fsp3) is 0. The molecule has 7 heteroatoms. The van der Waals surface area contributed by atoms with Crippen LogP contribution in [0.4, 0.5) is 0 Å². The first-order valence-electron chi connectivity index (χ1n) is 3.85. The molecule has 0 unspecified atom stereocenters. The monoisotopic (exact) mass is 272 g/mol. The van der Waals surface area contributed by atoms with Crippen molar-refractivity contribution in [2.75, 3.05) is 0 Å². The van der Waals surface area contributed by atoms with Crippen LogP contribution in [0.3, 0.4) is 0 Å². The van der Waals surface area contributed by atoms with Crippen LogP contribution in [0.25, 0.3) is 5.88 Å². The standard InChI is InChI=1S/C8H5BrN2O4/c9-5-1-2-6(15-5)11-7(8(13)14)4(12)3-10-11/h1-3,12H,(H,13,14). The van der Waals surface area contributed by atoms with Crippen LogP contribution in [-0.4, -0.2) is 26.0 Å². The predicted octanol–water partition coefficient (Wildman–Crippen LogP) is 1.63. The molecule has 2 heterocycles. The number of hydrogen-bond acceptors (Lipinski definition) is 4. The van der Waals surface area contributed by atoms with Crippen LogP contribution in [-0.2, 0) is 0 Å². The van der Waals surface area contributed by atoms with Crippen LogP contribution >= 0.6 is 15.9 Å². The smallest absolute Gasteiger partial charge is 0.358 e. The molecule has 0 bridgehead atoms. The first-order valence-corrected chi connectivity index (χ1v) is 4.65. The van der Waals surface area contributed by atoms with Gasteiger partial charge >= 0.3 is 5.97 Å². The highest BCUT2D eigenvalue weighted by Crippen LogP contribution is 2.23. The minimum Gasteiger partial charge on any atom is -0.504 e. The van der Waals surface area contributed by atoms with Crippen molar-refractivity contribution in [3.8, 4) is 11.6 Å². The summed E-state index contributed by atoms with van der Waals surface area (Å²) in [6, 6.07) is 3.13. The van der Waals surface area contributed by atoms with E-state index in [2.05, 4.69) is 21.0 Å². The Hall–Kier alpha value is -1.76. The molecule has 0 aliphatic heterocycles. The zero-order valence-corrected chi connectivity index (χ0v) is 8.80. The summed E-state index contributed by atoms with van der Waals surface area (Å²) in [5.41, 5.74) is -0.336. The van der Waals surface area contributed by atoms with Crippen LogP contribution in [0.2, 0.25) is 0 Å². The maximum absolute atomic E-state index is 10.8. The SMILES string of the molecule is O=C(O)c1c(O)cnn1-c1ccc(Br)o1. The number of hydrogen-bond donors (Lipinski definition) is 2. The highest BCUT2D eigenvalue weighted by atomic mass is 79.9. The Bertz CT molecular complexity index is 516. The number of carboxylic acids is 1. The summed E-state index contributed by atoms with van der Waals surface area (Å²) in [7, 11) is 0. The Morgan fingerprint density at radius 1 is 1.53 bits per heavy atom. The quantitative estimate of drug-likeness (QED) is 0.868. The van der Waals surface area contributed by atoms with Crippen molar-refractivity contribution in [1.29, 1.82) is 0 Å². The molecule has 78 valence electrons. The number of aromatic hydroxyl groups is 1. The first kappa shape index (κ1) is 9.78. The molecule has 0 spiro atoms. The second-order valence-corrected chi connectivity index (χ2v) is 3.45. The molecular formula is C8H5BrN2O4. The number of rotatable bonds is 2. The molecule has 0 saturated carbocycles. The van der Waals surface area contributed by atoms with Gasteiger partial charge in [-0.1, -0.05) is 0 Å². The van der Waals surface area contributed by atoms with Gasteiger partial charge in [-0.15, -0.1) is 0 Å². The van der Waals surface area contributed by atoms with Gasteiger partial charge in [0.2, 0.25) is 5.88 Å². The molecular weight excluding hydrogens is 268 g/mol. The van der Waals surface area contributed by atoms with E-state index in [1.54, 1.807) is 6.07 Å². The van der Waals surface area contributed by atoms with Crippen molar-refractivity contribution in [3.05, 3.63) is 28.7 Å². The molecule has 2 aromatic rings. The van der Waals surface area contributed by atoms with Gasteiger partial charge in [0.15, 0.2) is 16.1 Å².